The minimum Gasteiger partial charge on any atom is -0.496 e. The molecule has 1 heterocycles. The van der Waals surface area contributed by atoms with Gasteiger partial charge in [0.15, 0.2) is 0 Å². The number of aromatic amines is 1. The van der Waals surface area contributed by atoms with E-state index in [1.165, 1.54) is 6.07 Å². The number of hydrogen-bond donors (Lipinski definition) is 2. The summed E-state index contributed by atoms with van der Waals surface area (Å²) >= 11 is 6.04. The number of aromatic carboxylic acids is 1. The van der Waals surface area contributed by atoms with Crippen molar-refractivity contribution in [1.82, 2.24) is 10.2 Å². The highest BCUT2D eigenvalue weighted by atomic mass is 35.5. The van der Waals surface area contributed by atoms with Gasteiger partial charge < -0.3 is 9.84 Å². The van der Waals surface area contributed by atoms with E-state index < -0.39 is 5.97 Å². The second kappa shape index (κ2) is 5.10. The number of aromatic nitrogens is 2. The summed E-state index contributed by atoms with van der Waals surface area (Å²) in [6, 6.07) is 10.2. The van der Waals surface area contributed by atoms with Gasteiger partial charge in [-0.15, -0.1) is 0 Å². The van der Waals surface area contributed by atoms with Gasteiger partial charge in [0.1, 0.15) is 11.4 Å². The molecule has 6 heteroatoms. The number of carboxylic acid groups (broad SMARTS) is 1. The molecule has 5 nitrogen and oxygen atoms in total. The molecule has 0 saturated carbocycles. The number of nitrogens with zero attached hydrogens (tertiary/aromatic N) is 1. The third kappa shape index (κ3) is 2.21. The number of ether oxygens (including phenoxy) is 1. The largest absolute Gasteiger partial charge is 0.496 e. The topological polar surface area (TPSA) is 75.2 Å². The quantitative estimate of drug-likeness (QED) is 0.775. The Balaban J connectivity index is 2.30. The third-order valence-corrected chi connectivity index (χ3v) is 3.48. The molecule has 0 spiro atoms. The fraction of sp³-hybridized carbons (Fsp3) is 0.0667. The SMILES string of the molecule is COc1ccc(Cl)cc1-c1n[nH]c2c(C(=O)O)cccc12. The Morgan fingerprint density at radius 1 is 1.33 bits per heavy atom. The Labute approximate surface area is 125 Å². The average Bonchev–Trinajstić information content (AvgIpc) is 2.90. The van der Waals surface area contributed by atoms with E-state index in [4.69, 9.17) is 16.3 Å². The molecule has 3 rings (SSSR count). The summed E-state index contributed by atoms with van der Waals surface area (Å²) in [5.74, 6) is -0.387. The Morgan fingerprint density at radius 2 is 2.14 bits per heavy atom. The predicted molar refractivity (Wildman–Crippen MR) is 80.1 cm³/mol. The highest BCUT2D eigenvalue weighted by Crippen LogP contribution is 2.35. The number of rotatable bonds is 3. The maximum absolute atomic E-state index is 11.2. The molecular formula is C15H11ClN2O3. The first-order valence-corrected chi connectivity index (χ1v) is 6.54. The number of benzene rings is 2. The predicted octanol–water partition coefficient (Wildman–Crippen LogP) is 3.59. The number of methoxy groups -OCH3 is 1. The van der Waals surface area contributed by atoms with Crippen molar-refractivity contribution in [3.8, 4) is 17.0 Å². The summed E-state index contributed by atoms with van der Waals surface area (Å²) in [6.45, 7) is 0. The molecule has 0 bridgehead atoms. The lowest BCUT2D eigenvalue weighted by atomic mass is 10.0. The van der Waals surface area contributed by atoms with Crippen molar-refractivity contribution in [2.24, 2.45) is 0 Å². The summed E-state index contributed by atoms with van der Waals surface area (Å²) < 4.78 is 5.32. The minimum atomic E-state index is -1.01. The van der Waals surface area contributed by atoms with Crippen LogP contribution >= 0.6 is 11.6 Å². The number of carboxylic acids is 1. The van der Waals surface area contributed by atoms with Crippen LogP contribution in [0.25, 0.3) is 22.2 Å². The fourth-order valence-electron chi connectivity index (χ4n) is 2.29. The van der Waals surface area contributed by atoms with Gasteiger partial charge in [-0.3, -0.25) is 5.10 Å². The van der Waals surface area contributed by atoms with E-state index in [1.54, 1.807) is 37.4 Å². The summed E-state index contributed by atoms with van der Waals surface area (Å²) in [5, 5.41) is 17.5. The molecule has 2 aromatic carbocycles. The van der Waals surface area contributed by atoms with Gasteiger partial charge in [0.05, 0.1) is 18.2 Å². The third-order valence-electron chi connectivity index (χ3n) is 3.25. The Hall–Kier alpha value is -2.53. The molecular weight excluding hydrogens is 292 g/mol. The maximum Gasteiger partial charge on any atom is 0.337 e. The second-order valence-corrected chi connectivity index (χ2v) is 4.89. The van der Waals surface area contributed by atoms with Crippen molar-refractivity contribution in [3.63, 3.8) is 0 Å². The number of para-hydroxylation sites is 1. The molecule has 0 amide bonds. The van der Waals surface area contributed by atoms with Gasteiger partial charge in [0.2, 0.25) is 0 Å². The second-order valence-electron chi connectivity index (χ2n) is 4.45. The van der Waals surface area contributed by atoms with E-state index in [2.05, 4.69) is 10.2 Å². The molecule has 0 aliphatic heterocycles. The van der Waals surface area contributed by atoms with E-state index in [9.17, 15) is 9.90 Å². The van der Waals surface area contributed by atoms with Gasteiger partial charge in [-0.2, -0.15) is 5.10 Å². The molecule has 0 aliphatic rings. The average molecular weight is 303 g/mol. The van der Waals surface area contributed by atoms with Gasteiger partial charge in [-0.1, -0.05) is 23.7 Å². The summed E-state index contributed by atoms with van der Waals surface area (Å²) in [7, 11) is 1.56. The van der Waals surface area contributed by atoms with Crippen molar-refractivity contribution in [3.05, 3.63) is 47.0 Å². The van der Waals surface area contributed by atoms with Crippen LogP contribution in [0, 0.1) is 0 Å². The number of fused-ring (bicyclic) bond motifs is 1. The molecule has 3 aromatic rings. The lowest BCUT2D eigenvalue weighted by molar-refractivity contribution is 0.0699. The van der Waals surface area contributed by atoms with Crippen LogP contribution < -0.4 is 4.74 Å². The Bertz CT molecular complexity index is 842. The molecule has 106 valence electrons. The zero-order chi connectivity index (χ0) is 15.0. The molecule has 1 aromatic heterocycles. The normalized spacial score (nSPS) is 10.8. The molecule has 0 fully saturated rings. The lowest BCUT2D eigenvalue weighted by Gasteiger charge is -2.07. The Morgan fingerprint density at radius 3 is 2.86 bits per heavy atom. The van der Waals surface area contributed by atoms with Crippen LogP contribution in [0.5, 0.6) is 5.75 Å². The highest BCUT2D eigenvalue weighted by molar-refractivity contribution is 6.31. The molecule has 21 heavy (non-hydrogen) atoms. The number of halogens is 1. The first kappa shape index (κ1) is 13.5. The fourth-order valence-corrected chi connectivity index (χ4v) is 2.46. The smallest absolute Gasteiger partial charge is 0.337 e. The Kier molecular flexibility index (Phi) is 3.27. The summed E-state index contributed by atoms with van der Waals surface area (Å²) in [5.41, 5.74) is 1.96. The van der Waals surface area contributed by atoms with Gasteiger partial charge >= 0.3 is 5.97 Å². The van der Waals surface area contributed by atoms with Crippen LogP contribution in [-0.4, -0.2) is 28.4 Å². The van der Waals surface area contributed by atoms with Crippen LogP contribution in [-0.2, 0) is 0 Å². The van der Waals surface area contributed by atoms with E-state index in [1.807, 2.05) is 0 Å². The molecule has 0 saturated heterocycles. The molecule has 2 N–H and O–H groups in total. The van der Waals surface area contributed by atoms with Crippen molar-refractivity contribution >= 4 is 28.5 Å². The number of nitrogens with one attached hydrogen (secondary N) is 1. The van der Waals surface area contributed by atoms with Crippen LogP contribution in [0.4, 0.5) is 0 Å². The monoisotopic (exact) mass is 302 g/mol. The first-order valence-electron chi connectivity index (χ1n) is 6.16. The first-order chi connectivity index (χ1) is 10.1. The van der Waals surface area contributed by atoms with Crippen molar-refractivity contribution in [2.75, 3.05) is 7.11 Å². The van der Waals surface area contributed by atoms with Crippen molar-refractivity contribution in [2.45, 2.75) is 0 Å². The zero-order valence-electron chi connectivity index (χ0n) is 11.1. The molecule has 0 unspecified atom stereocenters. The number of H-pyrrole nitrogens is 1. The van der Waals surface area contributed by atoms with Crippen LogP contribution in [0.2, 0.25) is 5.02 Å². The van der Waals surface area contributed by atoms with Crippen LogP contribution in [0.3, 0.4) is 0 Å². The molecule has 0 radical (unpaired) electrons. The lowest BCUT2D eigenvalue weighted by Crippen LogP contribution is -1.96. The summed E-state index contributed by atoms with van der Waals surface area (Å²) in [4.78, 5) is 11.2. The van der Waals surface area contributed by atoms with Gasteiger partial charge in [0.25, 0.3) is 0 Å². The van der Waals surface area contributed by atoms with Crippen molar-refractivity contribution in [1.29, 1.82) is 0 Å². The molecule has 0 atom stereocenters. The number of hydrogen-bond acceptors (Lipinski definition) is 3. The zero-order valence-corrected chi connectivity index (χ0v) is 11.8. The summed E-state index contributed by atoms with van der Waals surface area (Å²) in [6.07, 6.45) is 0. The van der Waals surface area contributed by atoms with Crippen molar-refractivity contribution < 1.29 is 14.6 Å². The number of carbonyl (C=O) groups is 1. The van der Waals surface area contributed by atoms with Gasteiger partial charge in [-0.05, 0) is 24.3 Å². The van der Waals surface area contributed by atoms with E-state index >= 15 is 0 Å². The highest BCUT2D eigenvalue weighted by Gasteiger charge is 2.17. The van der Waals surface area contributed by atoms with Crippen LogP contribution in [0.15, 0.2) is 36.4 Å². The standard InChI is InChI=1S/C15H11ClN2O3/c1-21-12-6-5-8(16)7-11(12)14-9-3-2-4-10(15(19)20)13(9)17-18-14/h2-7H,1H3,(H,17,18)(H,19,20). The minimum absolute atomic E-state index is 0.173. The van der Waals surface area contributed by atoms with E-state index in [-0.39, 0.29) is 5.56 Å². The van der Waals surface area contributed by atoms with E-state index in [0.29, 0.717) is 32.9 Å². The van der Waals surface area contributed by atoms with E-state index in [0.717, 1.165) is 0 Å². The van der Waals surface area contributed by atoms with Gasteiger partial charge in [0, 0.05) is 16.0 Å². The van der Waals surface area contributed by atoms with Gasteiger partial charge in [-0.25, -0.2) is 4.79 Å². The maximum atomic E-state index is 11.2. The molecule has 0 aliphatic carbocycles. The van der Waals surface area contributed by atoms with Crippen LogP contribution in [0.1, 0.15) is 10.4 Å².